The summed E-state index contributed by atoms with van der Waals surface area (Å²) in [5.74, 6) is -0.138. The number of hydrogen-bond acceptors (Lipinski definition) is 2. The summed E-state index contributed by atoms with van der Waals surface area (Å²) in [6.45, 7) is 4.89. The molecule has 0 radical (unpaired) electrons. The maximum Gasteiger partial charge on any atom is 0.147 e. The van der Waals surface area contributed by atoms with Crippen LogP contribution in [0.4, 0.5) is 10.1 Å². The lowest BCUT2D eigenvalue weighted by Gasteiger charge is -2.13. The Kier molecular flexibility index (Phi) is 3.88. The lowest BCUT2D eigenvalue weighted by atomic mass is 10.0. The van der Waals surface area contributed by atoms with Gasteiger partial charge >= 0.3 is 0 Å². The lowest BCUT2D eigenvalue weighted by Crippen LogP contribution is -2.13. The van der Waals surface area contributed by atoms with Gasteiger partial charge in [0.25, 0.3) is 0 Å². The SMILES string of the molecule is CC.CN1CCc2cc(-c3cnn(C)c3)cc(F)c21. The average Bonchev–Trinajstić information content (AvgIpc) is 2.99. The molecule has 2 heterocycles. The van der Waals surface area contributed by atoms with E-state index in [1.807, 2.05) is 39.0 Å². The van der Waals surface area contributed by atoms with Crippen molar-refractivity contribution in [1.82, 2.24) is 9.78 Å². The summed E-state index contributed by atoms with van der Waals surface area (Å²) in [6, 6.07) is 3.66. The summed E-state index contributed by atoms with van der Waals surface area (Å²) in [5.41, 5.74) is 3.71. The van der Waals surface area contributed by atoms with Crippen molar-refractivity contribution < 1.29 is 4.39 Å². The van der Waals surface area contributed by atoms with Crippen molar-refractivity contribution >= 4 is 5.69 Å². The molecule has 0 spiro atoms. The van der Waals surface area contributed by atoms with Crippen LogP contribution in [0.2, 0.25) is 0 Å². The van der Waals surface area contributed by atoms with Crippen molar-refractivity contribution in [3.8, 4) is 11.1 Å². The van der Waals surface area contributed by atoms with Crippen LogP contribution in [-0.2, 0) is 13.5 Å². The molecular weight excluding hydrogens is 241 g/mol. The van der Waals surface area contributed by atoms with Crippen molar-refractivity contribution in [1.29, 1.82) is 0 Å². The highest BCUT2D eigenvalue weighted by Crippen LogP contribution is 2.34. The third kappa shape index (κ3) is 2.48. The van der Waals surface area contributed by atoms with E-state index in [1.165, 1.54) is 0 Å². The van der Waals surface area contributed by atoms with Crippen LogP contribution in [0.25, 0.3) is 11.1 Å². The molecule has 0 saturated carbocycles. The summed E-state index contributed by atoms with van der Waals surface area (Å²) >= 11 is 0. The third-order valence-electron chi connectivity index (χ3n) is 3.28. The first-order valence-corrected chi connectivity index (χ1v) is 6.68. The Morgan fingerprint density at radius 3 is 2.53 bits per heavy atom. The molecule has 0 saturated heterocycles. The number of aromatic nitrogens is 2. The van der Waals surface area contributed by atoms with Gasteiger partial charge < -0.3 is 4.90 Å². The molecule has 102 valence electrons. The van der Waals surface area contributed by atoms with Gasteiger partial charge in [0.15, 0.2) is 0 Å². The summed E-state index contributed by atoms with van der Waals surface area (Å²) in [5, 5.41) is 4.11. The number of nitrogens with zero attached hydrogens (tertiary/aromatic N) is 3. The highest BCUT2D eigenvalue weighted by molar-refractivity contribution is 5.70. The number of halogens is 1. The molecule has 3 nitrogen and oxygen atoms in total. The van der Waals surface area contributed by atoms with E-state index in [4.69, 9.17) is 0 Å². The molecule has 1 aromatic carbocycles. The van der Waals surface area contributed by atoms with Crippen LogP contribution in [0, 0.1) is 5.82 Å². The predicted octanol–water partition coefficient (Wildman–Crippen LogP) is 3.24. The summed E-state index contributed by atoms with van der Waals surface area (Å²) in [7, 11) is 3.79. The molecule has 19 heavy (non-hydrogen) atoms. The minimum atomic E-state index is -0.138. The fourth-order valence-electron chi connectivity index (χ4n) is 2.41. The summed E-state index contributed by atoms with van der Waals surface area (Å²) in [6.07, 6.45) is 4.58. The van der Waals surface area contributed by atoms with Gasteiger partial charge in [-0.3, -0.25) is 4.68 Å². The number of aryl methyl sites for hydroxylation is 1. The third-order valence-corrected chi connectivity index (χ3v) is 3.28. The molecule has 2 aromatic rings. The molecule has 1 aromatic heterocycles. The number of anilines is 1. The fourth-order valence-corrected chi connectivity index (χ4v) is 2.41. The van der Waals surface area contributed by atoms with Gasteiger partial charge in [-0.25, -0.2) is 4.39 Å². The maximum absolute atomic E-state index is 14.0. The van der Waals surface area contributed by atoms with Gasteiger partial charge in [-0.15, -0.1) is 0 Å². The van der Waals surface area contributed by atoms with Crippen molar-refractivity contribution in [3.05, 3.63) is 35.9 Å². The van der Waals surface area contributed by atoms with Gasteiger partial charge in [0.2, 0.25) is 0 Å². The Balaban J connectivity index is 0.000000637. The largest absolute Gasteiger partial charge is 0.372 e. The number of fused-ring (bicyclic) bond motifs is 1. The van der Waals surface area contributed by atoms with Gasteiger partial charge in [-0.2, -0.15) is 5.10 Å². The van der Waals surface area contributed by atoms with Gasteiger partial charge in [0, 0.05) is 32.4 Å². The molecule has 4 heteroatoms. The monoisotopic (exact) mass is 261 g/mol. The Morgan fingerprint density at radius 2 is 1.89 bits per heavy atom. The van der Waals surface area contributed by atoms with E-state index in [0.717, 1.165) is 35.3 Å². The molecule has 1 aliphatic heterocycles. The van der Waals surface area contributed by atoms with Crippen LogP contribution < -0.4 is 4.90 Å². The Labute approximate surface area is 113 Å². The quantitative estimate of drug-likeness (QED) is 0.785. The first-order chi connectivity index (χ1) is 9.15. The minimum Gasteiger partial charge on any atom is -0.372 e. The van der Waals surface area contributed by atoms with Crippen LogP contribution in [0.1, 0.15) is 19.4 Å². The van der Waals surface area contributed by atoms with Crippen molar-refractivity contribution in [2.45, 2.75) is 20.3 Å². The molecule has 0 unspecified atom stereocenters. The Bertz CT molecular complexity index is 575. The zero-order chi connectivity index (χ0) is 14.0. The van der Waals surface area contributed by atoms with Gasteiger partial charge in [0.05, 0.1) is 11.9 Å². The standard InChI is InChI=1S/C13H14FN3.C2H6/c1-16-4-3-9-5-10(6-12(14)13(9)16)11-7-15-17(2)8-11;1-2/h5-8H,3-4H2,1-2H3;1-2H3. The lowest BCUT2D eigenvalue weighted by molar-refractivity contribution is 0.627. The van der Waals surface area contributed by atoms with Crippen LogP contribution in [-0.4, -0.2) is 23.4 Å². The van der Waals surface area contributed by atoms with E-state index in [-0.39, 0.29) is 5.82 Å². The molecule has 1 aliphatic rings. The van der Waals surface area contributed by atoms with E-state index in [9.17, 15) is 4.39 Å². The van der Waals surface area contributed by atoms with Gasteiger partial charge in [-0.1, -0.05) is 13.8 Å². The minimum absolute atomic E-state index is 0.138. The average molecular weight is 261 g/mol. The molecular formula is C15H20FN3. The molecule has 0 fully saturated rings. The topological polar surface area (TPSA) is 21.1 Å². The van der Waals surface area contributed by atoms with E-state index in [0.29, 0.717) is 0 Å². The zero-order valence-corrected chi connectivity index (χ0v) is 11.9. The highest BCUT2D eigenvalue weighted by Gasteiger charge is 2.21. The van der Waals surface area contributed by atoms with Gasteiger partial charge in [-0.05, 0) is 29.7 Å². The van der Waals surface area contributed by atoms with Crippen molar-refractivity contribution in [2.75, 3.05) is 18.5 Å². The number of rotatable bonds is 1. The predicted molar refractivity (Wildman–Crippen MR) is 76.9 cm³/mol. The van der Waals surface area contributed by atoms with Crippen LogP contribution in [0.5, 0.6) is 0 Å². The first-order valence-electron chi connectivity index (χ1n) is 6.68. The van der Waals surface area contributed by atoms with Crippen LogP contribution in [0.3, 0.4) is 0 Å². The Hall–Kier alpha value is -1.84. The molecule has 3 rings (SSSR count). The molecule has 0 amide bonds. The maximum atomic E-state index is 14.0. The summed E-state index contributed by atoms with van der Waals surface area (Å²) < 4.78 is 15.8. The number of hydrogen-bond donors (Lipinski definition) is 0. The zero-order valence-electron chi connectivity index (χ0n) is 11.9. The summed E-state index contributed by atoms with van der Waals surface area (Å²) in [4.78, 5) is 1.97. The van der Waals surface area contributed by atoms with E-state index in [1.54, 1.807) is 16.9 Å². The van der Waals surface area contributed by atoms with Crippen LogP contribution in [0.15, 0.2) is 24.5 Å². The van der Waals surface area contributed by atoms with Gasteiger partial charge in [0.1, 0.15) is 5.82 Å². The molecule has 0 N–H and O–H groups in total. The first kappa shape index (κ1) is 13.6. The van der Waals surface area contributed by atoms with Crippen LogP contribution >= 0.6 is 0 Å². The Morgan fingerprint density at radius 1 is 1.16 bits per heavy atom. The van der Waals surface area contributed by atoms with E-state index in [2.05, 4.69) is 11.2 Å². The second-order valence-corrected chi connectivity index (χ2v) is 4.54. The smallest absolute Gasteiger partial charge is 0.147 e. The number of likely N-dealkylation sites (N-methyl/N-ethyl adjacent to an activating group) is 1. The normalized spacial score (nSPS) is 13.0. The number of benzene rings is 1. The van der Waals surface area contributed by atoms with Crippen molar-refractivity contribution in [2.24, 2.45) is 7.05 Å². The van der Waals surface area contributed by atoms with Crippen molar-refractivity contribution in [3.63, 3.8) is 0 Å². The molecule has 0 aliphatic carbocycles. The second kappa shape index (κ2) is 5.43. The van der Waals surface area contributed by atoms with E-state index >= 15 is 0 Å². The fraction of sp³-hybridized carbons (Fsp3) is 0.400. The highest BCUT2D eigenvalue weighted by atomic mass is 19.1. The molecule has 0 atom stereocenters. The molecule has 0 bridgehead atoms. The van der Waals surface area contributed by atoms with E-state index < -0.39 is 0 Å². The second-order valence-electron chi connectivity index (χ2n) is 4.54.